The second-order valence-corrected chi connectivity index (χ2v) is 5.83. The van der Waals surface area contributed by atoms with Gasteiger partial charge in [-0.15, -0.1) is 0 Å². The van der Waals surface area contributed by atoms with Crippen LogP contribution in [0.15, 0.2) is 0 Å². The molecule has 0 fully saturated rings. The first-order chi connectivity index (χ1) is 3.98. The van der Waals surface area contributed by atoms with Crippen LogP contribution in [0.5, 0.6) is 0 Å². The Morgan fingerprint density at radius 3 is 2.22 bits per heavy atom. The Morgan fingerprint density at radius 1 is 1.67 bits per heavy atom. The van der Waals surface area contributed by atoms with Gasteiger partial charge in [0.2, 0.25) is 0 Å². The number of rotatable bonds is 3. The molecule has 0 rings (SSSR count). The molecule has 9 heavy (non-hydrogen) atoms. The zero-order valence-corrected chi connectivity index (χ0v) is 7.60. The fourth-order valence-corrected chi connectivity index (χ4v) is 1.60. The zero-order chi connectivity index (χ0) is 7.49. The quantitative estimate of drug-likeness (QED) is 0.508. The normalized spacial score (nSPS) is 17.9. The van der Waals surface area contributed by atoms with Gasteiger partial charge >= 0.3 is 0 Å². The Kier molecular flexibility index (Phi) is 3.82. The molecular weight excluding hydrogens is 158 g/mol. The second-order valence-electron chi connectivity index (χ2n) is 1.96. The van der Waals surface area contributed by atoms with Gasteiger partial charge in [-0.2, -0.15) is 9.39 Å². The largest absolute Gasteiger partial charge is 0.244 e. The van der Waals surface area contributed by atoms with E-state index in [0.717, 1.165) is 0 Å². The van der Waals surface area contributed by atoms with Crippen LogP contribution in [0.4, 0.5) is 4.20 Å². The Labute approximate surface area is 60.6 Å². The monoisotopic (exact) mass is 170 g/mol. The minimum atomic E-state index is -2.72. The minimum absolute atomic E-state index is 0.403. The van der Waals surface area contributed by atoms with Gasteiger partial charge in [-0.1, -0.05) is 6.92 Å². The molecule has 2 nitrogen and oxygen atoms in total. The maximum absolute atomic E-state index is 12.8. The summed E-state index contributed by atoms with van der Waals surface area (Å²) in [5.41, 5.74) is 0. The van der Waals surface area contributed by atoms with Gasteiger partial charge in [0.25, 0.3) is 0 Å². The molecule has 0 aliphatic carbocycles. The summed E-state index contributed by atoms with van der Waals surface area (Å²) in [5.74, 6) is 0. The topological polar surface area (TPSA) is 15.3 Å². The van der Waals surface area contributed by atoms with Crippen molar-refractivity contribution in [3.8, 4) is 0 Å². The van der Waals surface area contributed by atoms with E-state index in [2.05, 4.69) is 17.0 Å². The first kappa shape index (κ1) is 9.50. The van der Waals surface area contributed by atoms with E-state index in [9.17, 15) is 4.20 Å². The lowest BCUT2D eigenvalue weighted by atomic mass is 11.0. The SMILES string of the molecule is CCP(F)(=S)NN(C)C. The van der Waals surface area contributed by atoms with E-state index in [0.29, 0.717) is 6.16 Å². The summed E-state index contributed by atoms with van der Waals surface area (Å²) >= 11 is 4.61. The molecule has 0 amide bonds. The van der Waals surface area contributed by atoms with Crippen molar-refractivity contribution in [1.82, 2.24) is 10.2 Å². The third kappa shape index (κ3) is 4.97. The van der Waals surface area contributed by atoms with Crippen LogP contribution < -0.4 is 5.20 Å². The Hall–Kier alpha value is 0.500. The first-order valence-corrected chi connectivity index (χ1v) is 5.59. The highest BCUT2D eigenvalue weighted by molar-refractivity contribution is 8.11. The van der Waals surface area contributed by atoms with E-state index >= 15 is 0 Å². The smallest absolute Gasteiger partial charge is 0.188 e. The molecular formula is C4H12FN2PS. The fraction of sp³-hybridized carbons (Fsp3) is 1.00. The highest BCUT2D eigenvalue weighted by Gasteiger charge is 2.11. The second kappa shape index (κ2) is 3.62. The predicted molar refractivity (Wildman–Crippen MR) is 42.8 cm³/mol. The van der Waals surface area contributed by atoms with Crippen LogP contribution in [0.3, 0.4) is 0 Å². The molecule has 0 bridgehead atoms. The molecule has 0 aromatic rings. The molecule has 0 aromatic carbocycles. The third-order valence-electron chi connectivity index (χ3n) is 0.756. The fourth-order valence-electron chi connectivity index (χ4n) is 0.369. The summed E-state index contributed by atoms with van der Waals surface area (Å²) < 4.78 is 12.8. The van der Waals surface area contributed by atoms with Crippen molar-refractivity contribution < 1.29 is 4.20 Å². The van der Waals surface area contributed by atoms with Gasteiger partial charge in [0.15, 0.2) is 6.50 Å². The lowest BCUT2D eigenvalue weighted by molar-refractivity contribution is 0.370. The molecule has 1 unspecified atom stereocenters. The van der Waals surface area contributed by atoms with E-state index in [-0.39, 0.29) is 0 Å². The van der Waals surface area contributed by atoms with Crippen molar-refractivity contribution >= 4 is 18.3 Å². The van der Waals surface area contributed by atoms with E-state index < -0.39 is 6.50 Å². The molecule has 56 valence electrons. The van der Waals surface area contributed by atoms with Crippen molar-refractivity contribution in [1.29, 1.82) is 0 Å². The van der Waals surface area contributed by atoms with Crippen LogP contribution >= 0.6 is 6.50 Å². The van der Waals surface area contributed by atoms with Crippen molar-refractivity contribution in [3.05, 3.63) is 0 Å². The highest BCUT2D eigenvalue weighted by atomic mass is 32.5. The average molecular weight is 170 g/mol. The van der Waals surface area contributed by atoms with Gasteiger partial charge < -0.3 is 0 Å². The number of nitrogens with one attached hydrogen (secondary N) is 1. The summed E-state index contributed by atoms with van der Waals surface area (Å²) in [6, 6.07) is 0. The highest BCUT2D eigenvalue weighted by Crippen LogP contribution is 2.42. The van der Waals surface area contributed by atoms with Gasteiger partial charge in [0.1, 0.15) is 0 Å². The lowest BCUT2D eigenvalue weighted by Crippen LogP contribution is -2.26. The van der Waals surface area contributed by atoms with E-state index in [4.69, 9.17) is 0 Å². The molecule has 1 N–H and O–H groups in total. The molecule has 0 saturated carbocycles. The van der Waals surface area contributed by atoms with Gasteiger partial charge in [-0.25, -0.2) is 5.01 Å². The molecule has 0 radical (unpaired) electrons. The number of hydrazine groups is 1. The van der Waals surface area contributed by atoms with E-state index in [1.165, 1.54) is 0 Å². The standard InChI is InChI=1S/C4H12FN2PS/c1-4-8(5,9)6-7(2)3/h4H2,1-3H3,(H,6,9). The maximum atomic E-state index is 12.8. The van der Waals surface area contributed by atoms with E-state index in [1.54, 1.807) is 26.0 Å². The van der Waals surface area contributed by atoms with Gasteiger partial charge in [-0.05, 0) is 11.8 Å². The molecule has 5 heteroatoms. The molecule has 0 aliphatic rings. The zero-order valence-electron chi connectivity index (χ0n) is 5.89. The number of hydrogen-bond donors (Lipinski definition) is 1. The minimum Gasteiger partial charge on any atom is -0.244 e. The van der Waals surface area contributed by atoms with Gasteiger partial charge in [-0.3, -0.25) is 0 Å². The van der Waals surface area contributed by atoms with E-state index in [1.807, 2.05) is 0 Å². The van der Waals surface area contributed by atoms with Crippen LogP contribution in [0, 0.1) is 0 Å². The van der Waals surface area contributed by atoms with Crippen LogP contribution in [0.25, 0.3) is 0 Å². The summed E-state index contributed by atoms with van der Waals surface area (Å²) in [6.45, 7) is -0.973. The average Bonchev–Trinajstić information content (AvgIpc) is 1.63. The molecule has 0 aliphatic heterocycles. The molecule has 0 saturated heterocycles. The molecule has 1 atom stereocenters. The van der Waals surface area contributed by atoms with Crippen molar-refractivity contribution in [2.45, 2.75) is 6.92 Å². The Morgan fingerprint density at radius 2 is 2.11 bits per heavy atom. The number of halogens is 1. The molecule has 0 spiro atoms. The third-order valence-corrected chi connectivity index (χ3v) is 3.29. The summed E-state index contributed by atoms with van der Waals surface area (Å²) in [5, 5.41) is 4.12. The Bertz CT molecular complexity index is 128. The van der Waals surface area contributed by atoms with Crippen molar-refractivity contribution in [2.75, 3.05) is 20.3 Å². The summed E-state index contributed by atoms with van der Waals surface area (Å²) in [6.07, 6.45) is 0.403. The van der Waals surface area contributed by atoms with Gasteiger partial charge in [0.05, 0.1) is 0 Å². The first-order valence-electron chi connectivity index (χ1n) is 2.72. The molecule has 0 heterocycles. The van der Waals surface area contributed by atoms with Crippen LogP contribution in [-0.2, 0) is 11.8 Å². The van der Waals surface area contributed by atoms with Crippen LogP contribution in [-0.4, -0.2) is 25.3 Å². The number of nitrogens with zero attached hydrogens (tertiary/aromatic N) is 1. The Balaban J connectivity index is 3.73. The van der Waals surface area contributed by atoms with Crippen LogP contribution in [0.1, 0.15) is 6.92 Å². The number of hydrogen-bond acceptors (Lipinski definition) is 2. The molecule has 0 aromatic heterocycles. The van der Waals surface area contributed by atoms with Crippen molar-refractivity contribution in [2.24, 2.45) is 0 Å². The summed E-state index contributed by atoms with van der Waals surface area (Å²) in [7, 11) is 3.46. The van der Waals surface area contributed by atoms with Gasteiger partial charge in [0, 0.05) is 20.3 Å². The van der Waals surface area contributed by atoms with Crippen LogP contribution in [0.2, 0.25) is 0 Å². The predicted octanol–water partition coefficient (Wildman–Crippen LogP) is 1.35. The van der Waals surface area contributed by atoms with Crippen molar-refractivity contribution in [3.63, 3.8) is 0 Å². The summed E-state index contributed by atoms with van der Waals surface area (Å²) in [4.78, 5) is 0. The maximum Gasteiger partial charge on any atom is 0.188 e. The lowest BCUT2D eigenvalue weighted by Gasteiger charge is -2.17.